The Hall–Kier alpha value is -3.20. The minimum absolute atomic E-state index is 0.0894. The predicted molar refractivity (Wildman–Crippen MR) is 112 cm³/mol. The highest BCUT2D eigenvalue weighted by atomic mass is 32.1. The summed E-state index contributed by atoms with van der Waals surface area (Å²) in [6.07, 6.45) is 0.0894. The zero-order valence-electron chi connectivity index (χ0n) is 15.8. The number of nitrogens with one attached hydrogen (secondary N) is 3. The van der Waals surface area contributed by atoms with Crippen LogP contribution in [-0.4, -0.2) is 30.1 Å². The molecule has 29 heavy (non-hydrogen) atoms. The van der Waals surface area contributed by atoms with Crippen LogP contribution >= 0.6 is 12.2 Å². The van der Waals surface area contributed by atoms with Gasteiger partial charge in [-0.05, 0) is 55.5 Å². The molecule has 3 N–H and O–H groups in total. The van der Waals surface area contributed by atoms with Crippen LogP contribution in [0.2, 0.25) is 0 Å². The lowest BCUT2D eigenvalue weighted by Gasteiger charge is -2.20. The van der Waals surface area contributed by atoms with Crippen molar-refractivity contribution in [1.82, 2.24) is 10.9 Å². The second-order valence-corrected chi connectivity index (χ2v) is 6.79. The maximum Gasteiger partial charge on any atom is 0.243 e. The Kier molecular flexibility index (Phi) is 6.61. The summed E-state index contributed by atoms with van der Waals surface area (Å²) >= 11 is 5.11. The third-order valence-electron chi connectivity index (χ3n) is 4.35. The standard InChI is InChI=1S/C20H21FN4O3S/c1-2-28-17-6-4-3-5-16(17)25-12-13(11-18(25)26)19(27)23-24-20(29)22-15-9-7-14(21)8-10-15/h3-10,13H,2,11-12H2,1H3,(H,23,27)(H2,22,24,29)/t13-/m1/s1. The van der Waals surface area contributed by atoms with Crippen molar-refractivity contribution in [1.29, 1.82) is 0 Å². The molecule has 0 radical (unpaired) electrons. The number of ether oxygens (including phenoxy) is 1. The number of benzene rings is 2. The van der Waals surface area contributed by atoms with E-state index in [4.69, 9.17) is 17.0 Å². The molecular formula is C20H21FN4O3S. The number of thiocarbonyl (C=S) groups is 1. The lowest BCUT2D eigenvalue weighted by Crippen LogP contribution is -2.46. The first kappa shape index (κ1) is 20.5. The summed E-state index contributed by atoms with van der Waals surface area (Å²) in [6, 6.07) is 12.9. The maximum atomic E-state index is 12.9. The van der Waals surface area contributed by atoms with Crippen molar-refractivity contribution < 1.29 is 18.7 Å². The monoisotopic (exact) mass is 416 g/mol. The van der Waals surface area contributed by atoms with Gasteiger partial charge in [0.1, 0.15) is 11.6 Å². The Morgan fingerprint density at radius 3 is 2.66 bits per heavy atom. The molecule has 2 amide bonds. The van der Waals surface area contributed by atoms with E-state index in [9.17, 15) is 14.0 Å². The Labute approximate surface area is 173 Å². The van der Waals surface area contributed by atoms with E-state index in [2.05, 4.69) is 16.2 Å². The first-order valence-corrected chi connectivity index (χ1v) is 9.53. The molecule has 1 fully saturated rings. The van der Waals surface area contributed by atoms with Gasteiger partial charge in [-0.2, -0.15) is 0 Å². The second-order valence-electron chi connectivity index (χ2n) is 6.38. The van der Waals surface area contributed by atoms with Gasteiger partial charge in [0.15, 0.2) is 5.11 Å². The van der Waals surface area contributed by atoms with Crippen LogP contribution in [0.15, 0.2) is 48.5 Å². The van der Waals surface area contributed by atoms with Crippen LogP contribution in [0.5, 0.6) is 5.75 Å². The van der Waals surface area contributed by atoms with E-state index in [-0.39, 0.29) is 35.7 Å². The average molecular weight is 416 g/mol. The molecule has 3 rings (SSSR count). The number of amides is 2. The van der Waals surface area contributed by atoms with E-state index in [1.807, 2.05) is 19.1 Å². The van der Waals surface area contributed by atoms with Crippen molar-refractivity contribution >= 4 is 40.5 Å². The van der Waals surface area contributed by atoms with Crippen LogP contribution in [0.25, 0.3) is 0 Å². The summed E-state index contributed by atoms with van der Waals surface area (Å²) in [5.74, 6) is -0.781. The topological polar surface area (TPSA) is 82.7 Å². The number of hydrogen-bond acceptors (Lipinski definition) is 4. The number of carbonyl (C=O) groups is 2. The van der Waals surface area contributed by atoms with Gasteiger partial charge in [-0.15, -0.1) is 0 Å². The number of hydrazine groups is 1. The number of anilines is 2. The molecule has 0 aromatic heterocycles. The Morgan fingerprint density at radius 1 is 1.21 bits per heavy atom. The maximum absolute atomic E-state index is 12.9. The molecule has 1 atom stereocenters. The van der Waals surface area contributed by atoms with Crippen molar-refractivity contribution in [3.05, 3.63) is 54.3 Å². The Balaban J connectivity index is 1.55. The van der Waals surface area contributed by atoms with Crippen LogP contribution in [-0.2, 0) is 9.59 Å². The van der Waals surface area contributed by atoms with E-state index < -0.39 is 5.92 Å². The summed E-state index contributed by atoms with van der Waals surface area (Å²) in [7, 11) is 0. The van der Waals surface area contributed by atoms with Gasteiger partial charge in [-0.1, -0.05) is 12.1 Å². The zero-order chi connectivity index (χ0) is 20.8. The van der Waals surface area contributed by atoms with E-state index in [1.54, 1.807) is 17.0 Å². The molecule has 0 aliphatic carbocycles. The molecule has 7 nitrogen and oxygen atoms in total. The van der Waals surface area contributed by atoms with Crippen molar-refractivity contribution in [3.8, 4) is 5.75 Å². The van der Waals surface area contributed by atoms with Gasteiger partial charge in [0.05, 0.1) is 18.2 Å². The molecule has 0 saturated carbocycles. The predicted octanol–water partition coefficient (Wildman–Crippen LogP) is 2.60. The molecule has 0 spiro atoms. The number of rotatable bonds is 5. The largest absolute Gasteiger partial charge is 0.492 e. The fourth-order valence-corrected chi connectivity index (χ4v) is 3.16. The molecule has 0 unspecified atom stereocenters. The number of hydrogen-bond donors (Lipinski definition) is 3. The second kappa shape index (κ2) is 9.33. The van der Waals surface area contributed by atoms with Crippen molar-refractivity contribution in [2.24, 2.45) is 5.92 Å². The number of para-hydroxylation sites is 2. The molecular weight excluding hydrogens is 395 g/mol. The van der Waals surface area contributed by atoms with Gasteiger partial charge in [0.2, 0.25) is 11.8 Å². The fraction of sp³-hybridized carbons (Fsp3) is 0.250. The minimum atomic E-state index is -0.529. The van der Waals surface area contributed by atoms with Crippen LogP contribution in [0.1, 0.15) is 13.3 Å². The van der Waals surface area contributed by atoms with Crippen LogP contribution in [0, 0.1) is 11.7 Å². The van der Waals surface area contributed by atoms with Gasteiger partial charge in [-0.25, -0.2) is 4.39 Å². The molecule has 2 aromatic carbocycles. The fourth-order valence-electron chi connectivity index (χ4n) is 2.99. The first-order chi connectivity index (χ1) is 14.0. The molecule has 152 valence electrons. The SMILES string of the molecule is CCOc1ccccc1N1C[C@H](C(=O)NNC(=S)Nc2ccc(F)cc2)CC1=O. The molecule has 1 saturated heterocycles. The van der Waals surface area contributed by atoms with Crippen molar-refractivity contribution in [3.63, 3.8) is 0 Å². The van der Waals surface area contributed by atoms with E-state index in [1.165, 1.54) is 24.3 Å². The number of carbonyl (C=O) groups excluding carboxylic acids is 2. The molecule has 9 heteroatoms. The van der Waals surface area contributed by atoms with Crippen molar-refractivity contribution in [2.75, 3.05) is 23.4 Å². The molecule has 1 aliphatic rings. The zero-order valence-corrected chi connectivity index (χ0v) is 16.6. The summed E-state index contributed by atoms with van der Waals surface area (Å²) in [5.41, 5.74) is 6.33. The quantitative estimate of drug-likeness (QED) is 0.513. The van der Waals surface area contributed by atoms with Crippen LogP contribution < -0.4 is 25.8 Å². The minimum Gasteiger partial charge on any atom is -0.492 e. The number of nitrogens with zero attached hydrogens (tertiary/aromatic N) is 1. The lowest BCUT2D eigenvalue weighted by atomic mass is 10.1. The van der Waals surface area contributed by atoms with Crippen LogP contribution in [0.4, 0.5) is 15.8 Å². The summed E-state index contributed by atoms with van der Waals surface area (Å²) < 4.78 is 18.5. The Bertz CT molecular complexity index is 907. The summed E-state index contributed by atoms with van der Waals surface area (Å²) in [5, 5.41) is 2.97. The third kappa shape index (κ3) is 5.20. The lowest BCUT2D eigenvalue weighted by molar-refractivity contribution is -0.126. The number of halogens is 1. The van der Waals surface area contributed by atoms with E-state index in [0.29, 0.717) is 23.7 Å². The third-order valence-corrected chi connectivity index (χ3v) is 4.56. The molecule has 0 bridgehead atoms. The molecule has 1 aliphatic heterocycles. The highest BCUT2D eigenvalue weighted by Crippen LogP contribution is 2.33. The average Bonchev–Trinajstić information content (AvgIpc) is 3.10. The van der Waals surface area contributed by atoms with Gasteiger partial charge >= 0.3 is 0 Å². The van der Waals surface area contributed by atoms with Crippen molar-refractivity contribution in [2.45, 2.75) is 13.3 Å². The van der Waals surface area contributed by atoms with Gasteiger partial charge in [0.25, 0.3) is 0 Å². The van der Waals surface area contributed by atoms with E-state index in [0.717, 1.165) is 0 Å². The summed E-state index contributed by atoms with van der Waals surface area (Å²) in [4.78, 5) is 26.5. The van der Waals surface area contributed by atoms with Gasteiger partial charge in [-0.3, -0.25) is 20.4 Å². The Morgan fingerprint density at radius 2 is 1.93 bits per heavy atom. The van der Waals surface area contributed by atoms with Gasteiger partial charge in [0, 0.05) is 18.7 Å². The first-order valence-electron chi connectivity index (χ1n) is 9.12. The van der Waals surface area contributed by atoms with Crippen LogP contribution in [0.3, 0.4) is 0 Å². The van der Waals surface area contributed by atoms with E-state index >= 15 is 0 Å². The smallest absolute Gasteiger partial charge is 0.243 e. The summed E-state index contributed by atoms with van der Waals surface area (Å²) in [6.45, 7) is 2.59. The highest BCUT2D eigenvalue weighted by Gasteiger charge is 2.36. The highest BCUT2D eigenvalue weighted by molar-refractivity contribution is 7.80. The van der Waals surface area contributed by atoms with Gasteiger partial charge < -0.3 is 15.0 Å². The molecule has 2 aromatic rings. The normalized spacial score (nSPS) is 15.7. The molecule has 1 heterocycles.